The summed E-state index contributed by atoms with van der Waals surface area (Å²) in [5.74, 6) is 1.50. The lowest BCUT2D eigenvalue weighted by molar-refractivity contribution is -0.111. The molecule has 0 aliphatic heterocycles. The lowest BCUT2D eigenvalue weighted by atomic mass is 9.87. The van der Waals surface area contributed by atoms with Gasteiger partial charge in [-0.05, 0) is 113 Å². The molecule has 0 radical (unpaired) electrons. The molecule has 4 nitrogen and oxygen atoms in total. The lowest BCUT2D eigenvalue weighted by Gasteiger charge is -2.33. The van der Waals surface area contributed by atoms with Crippen molar-refractivity contribution in [2.75, 3.05) is 28.6 Å². The van der Waals surface area contributed by atoms with E-state index in [2.05, 4.69) is 160 Å². The predicted molar refractivity (Wildman–Crippen MR) is 251 cm³/mol. The Labute approximate surface area is 347 Å². The fourth-order valence-electron chi connectivity index (χ4n) is 8.40. The van der Waals surface area contributed by atoms with Crippen LogP contribution >= 0.6 is 0 Å². The van der Waals surface area contributed by atoms with Gasteiger partial charge >= 0.3 is 0 Å². The summed E-state index contributed by atoms with van der Waals surface area (Å²) in [6.07, 6.45) is 14.1. The van der Waals surface area contributed by atoms with Crippen LogP contribution in [0.1, 0.15) is 173 Å². The Morgan fingerprint density at radius 3 is 1.65 bits per heavy atom. The van der Waals surface area contributed by atoms with Gasteiger partial charge in [-0.1, -0.05) is 151 Å². The molecule has 57 heavy (non-hydrogen) atoms. The standard InChI is InChI=1S/C53H73N3O/c1-14-18-20-32-56(53-46(37(9)10)25-22-26-47(53)38(11)12)40-27-29-48(50(54)33-40)39(13)42(16-3)43(17-4)49-30-28-41(34-51(49)57)55(31-19-15-2)52-44(35(5)6)23-21-24-45(52)36(7)8/h17,21-30,33-38H,4,14-16,18-20,31-32,54H2,1-3,5-13H3. The topological polar surface area (TPSA) is 49.6 Å². The van der Waals surface area contributed by atoms with Gasteiger partial charge in [0.25, 0.3) is 0 Å². The number of allylic oxidation sites excluding steroid dienone is 8. The first-order chi connectivity index (χ1) is 27.2. The molecular formula is C53H73N3O. The van der Waals surface area contributed by atoms with Crippen molar-refractivity contribution in [1.82, 2.24) is 0 Å². The van der Waals surface area contributed by atoms with E-state index in [1.54, 1.807) is 0 Å². The molecule has 0 amide bonds. The summed E-state index contributed by atoms with van der Waals surface area (Å²) in [7, 11) is 0. The number of nitrogens with zero attached hydrogens (tertiary/aromatic N) is 2. The number of nitrogens with two attached hydrogens (primary N) is 1. The first-order valence-electron chi connectivity index (χ1n) is 21.9. The molecule has 306 valence electrons. The molecule has 0 saturated heterocycles. The van der Waals surface area contributed by atoms with E-state index in [-0.39, 0.29) is 5.78 Å². The molecule has 4 heteroatoms. The van der Waals surface area contributed by atoms with Crippen molar-refractivity contribution in [3.05, 3.63) is 136 Å². The maximum absolute atomic E-state index is 14.3. The second-order valence-electron chi connectivity index (χ2n) is 17.1. The van der Waals surface area contributed by atoms with Crippen molar-refractivity contribution in [3.63, 3.8) is 0 Å². The third-order valence-corrected chi connectivity index (χ3v) is 11.6. The number of carbonyl (C=O) groups excluding carboxylic acids is 1. The van der Waals surface area contributed by atoms with Crippen LogP contribution in [0.2, 0.25) is 0 Å². The van der Waals surface area contributed by atoms with Crippen molar-refractivity contribution in [1.29, 1.82) is 0 Å². The van der Waals surface area contributed by atoms with Gasteiger partial charge in [-0.25, -0.2) is 0 Å². The van der Waals surface area contributed by atoms with Crippen molar-refractivity contribution in [2.45, 2.75) is 145 Å². The summed E-state index contributed by atoms with van der Waals surface area (Å²) in [6, 6.07) is 20.0. The van der Waals surface area contributed by atoms with Gasteiger partial charge in [0.1, 0.15) is 0 Å². The zero-order valence-corrected chi connectivity index (χ0v) is 37.6. The van der Waals surface area contributed by atoms with Gasteiger partial charge < -0.3 is 15.5 Å². The zero-order valence-electron chi connectivity index (χ0n) is 37.6. The Morgan fingerprint density at radius 1 is 0.702 bits per heavy atom. The van der Waals surface area contributed by atoms with Gasteiger partial charge in [-0.15, -0.1) is 0 Å². The molecule has 0 spiro atoms. The number of unbranched alkanes of at least 4 members (excludes halogenated alkanes) is 3. The van der Waals surface area contributed by atoms with Gasteiger partial charge in [0, 0.05) is 58.7 Å². The van der Waals surface area contributed by atoms with Crippen molar-refractivity contribution in [3.8, 4) is 0 Å². The predicted octanol–water partition coefficient (Wildman–Crippen LogP) is 15.1. The smallest absolute Gasteiger partial charge is 0.188 e. The molecule has 2 N–H and O–H groups in total. The van der Waals surface area contributed by atoms with Crippen LogP contribution in [0.25, 0.3) is 5.57 Å². The SMILES string of the molecule is C=CC(=C1C=CC(N(CCCC)c2c(C(C)C)cccc2C(C)C)=CC1=O)C(CC)=C(C)c1ccc(N(CCCCC)c2c(C(C)C)cccc2C(C)C)cc1N. The van der Waals surface area contributed by atoms with E-state index in [9.17, 15) is 4.79 Å². The summed E-state index contributed by atoms with van der Waals surface area (Å²) >= 11 is 0. The fraction of sp³-hybridized carbons (Fsp3) is 0.453. The van der Waals surface area contributed by atoms with Gasteiger partial charge in [0.2, 0.25) is 0 Å². The molecule has 3 aromatic carbocycles. The van der Waals surface area contributed by atoms with E-state index in [1.807, 2.05) is 18.2 Å². The summed E-state index contributed by atoms with van der Waals surface area (Å²) in [4.78, 5) is 19.2. The minimum atomic E-state index is 0.00610. The second kappa shape index (κ2) is 20.7. The number of hydrogen-bond acceptors (Lipinski definition) is 4. The molecule has 0 unspecified atom stereocenters. The highest BCUT2D eigenvalue weighted by molar-refractivity contribution is 6.10. The van der Waals surface area contributed by atoms with E-state index in [1.165, 1.54) is 46.5 Å². The maximum atomic E-state index is 14.3. The molecule has 0 bridgehead atoms. The fourth-order valence-corrected chi connectivity index (χ4v) is 8.40. The Kier molecular flexibility index (Phi) is 16.4. The molecule has 0 fully saturated rings. The van der Waals surface area contributed by atoms with Crippen LogP contribution in [0.15, 0.2) is 108 Å². The van der Waals surface area contributed by atoms with Gasteiger partial charge in [0.15, 0.2) is 5.78 Å². The number of carbonyl (C=O) groups is 1. The third-order valence-electron chi connectivity index (χ3n) is 11.6. The Morgan fingerprint density at radius 2 is 1.21 bits per heavy atom. The van der Waals surface area contributed by atoms with Crippen LogP contribution in [0.3, 0.4) is 0 Å². The van der Waals surface area contributed by atoms with E-state index in [0.717, 1.165) is 78.1 Å². The summed E-state index contributed by atoms with van der Waals surface area (Å²) in [6.45, 7) is 33.0. The first-order valence-corrected chi connectivity index (χ1v) is 21.9. The van der Waals surface area contributed by atoms with Gasteiger partial charge in [0.05, 0.1) is 0 Å². The number of nitrogen functional groups attached to an aromatic ring is 1. The van der Waals surface area contributed by atoms with Crippen molar-refractivity contribution >= 4 is 34.1 Å². The number of hydrogen-bond donors (Lipinski definition) is 1. The molecule has 3 aromatic rings. The van der Waals surface area contributed by atoms with Crippen LogP contribution in [0.5, 0.6) is 0 Å². The van der Waals surface area contributed by atoms with E-state index in [4.69, 9.17) is 5.73 Å². The molecular weight excluding hydrogens is 695 g/mol. The minimum absolute atomic E-state index is 0.00610. The number of rotatable bonds is 19. The Balaban J connectivity index is 1.81. The van der Waals surface area contributed by atoms with Crippen LogP contribution in [-0.2, 0) is 4.79 Å². The average Bonchev–Trinajstić information content (AvgIpc) is 3.18. The number of benzene rings is 3. The minimum Gasteiger partial charge on any atom is -0.398 e. The second-order valence-corrected chi connectivity index (χ2v) is 17.1. The van der Waals surface area contributed by atoms with Gasteiger partial charge in [-0.3, -0.25) is 4.79 Å². The van der Waals surface area contributed by atoms with E-state index < -0.39 is 0 Å². The molecule has 0 heterocycles. The summed E-state index contributed by atoms with van der Waals surface area (Å²) in [5, 5.41) is 0. The largest absolute Gasteiger partial charge is 0.398 e. The van der Waals surface area contributed by atoms with Crippen LogP contribution < -0.4 is 15.5 Å². The van der Waals surface area contributed by atoms with Crippen LogP contribution in [0, 0.1) is 0 Å². The average molecular weight is 768 g/mol. The number of anilines is 4. The molecule has 4 rings (SSSR count). The monoisotopic (exact) mass is 768 g/mol. The third kappa shape index (κ3) is 10.3. The summed E-state index contributed by atoms with van der Waals surface area (Å²) < 4.78 is 0. The number of para-hydroxylation sites is 2. The Bertz CT molecular complexity index is 1950. The quantitative estimate of drug-likeness (QED) is 0.0750. The molecule has 1 aliphatic rings. The van der Waals surface area contributed by atoms with E-state index >= 15 is 0 Å². The normalized spacial score (nSPS) is 14.5. The lowest BCUT2D eigenvalue weighted by Crippen LogP contribution is -2.28. The molecule has 0 saturated carbocycles. The summed E-state index contributed by atoms with van der Waals surface area (Å²) in [5.41, 5.74) is 22.5. The highest BCUT2D eigenvalue weighted by Gasteiger charge is 2.26. The van der Waals surface area contributed by atoms with Crippen molar-refractivity contribution in [2.24, 2.45) is 0 Å². The van der Waals surface area contributed by atoms with Gasteiger partial charge in [-0.2, -0.15) is 0 Å². The molecule has 1 aliphatic carbocycles. The van der Waals surface area contributed by atoms with E-state index in [0.29, 0.717) is 29.2 Å². The zero-order chi connectivity index (χ0) is 42.0. The first kappa shape index (κ1) is 45.1. The Hall–Kier alpha value is -4.57. The number of ketones is 1. The van der Waals surface area contributed by atoms with Crippen LogP contribution in [0.4, 0.5) is 22.7 Å². The molecule has 0 aromatic heterocycles. The van der Waals surface area contributed by atoms with Crippen molar-refractivity contribution < 1.29 is 4.79 Å². The van der Waals surface area contributed by atoms with Crippen LogP contribution in [-0.4, -0.2) is 18.9 Å². The molecule has 0 atom stereocenters. The highest BCUT2D eigenvalue weighted by atomic mass is 16.1. The highest BCUT2D eigenvalue weighted by Crippen LogP contribution is 2.42. The maximum Gasteiger partial charge on any atom is 0.188 e.